The van der Waals surface area contributed by atoms with Crippen LogP contribution >= 0.6 is 0 Å². The van der Waals surface area contributed by atoms with Gasteiger partial charge in [-0.1, -0.05) is 12.2 Å². The predicted molar refractivity (Wildman–Crippen MR) is 69.4 cm³/mol. The lowest BCUT2D eigenvalue weighted by Gasteiger charge is -2.52. The molecule has 2 nitrogen and oxygen atoms in total. The zero-order valence-corrected chi connectivity index (χ0v) is 10.6. The third kappa shape index (κ3) is 1.53. The number of hydrogen-bond acceptors (Lipinski definition) is 2. The van der Waals surface area contributed by atoms with Gasteiger partial charge in [-0.05, 0) is 32.1 Å². The smallest absolute Gasteiger partial charge is 0.0258 e. The first-order chi connectivity index (χ1) is 8.42. The molecule has 92 valence electrons. The molecule has 2 saturated heterocycles. The molecule has 0 saturated carbocycles. The Morgan fingerprint density at radius 2 is 1.35 bits per heavy atom. The zero-order valence-electron chi connectivity index (χ0n) is 10.6. The van der Waals surface area contributed by atoms with Gasteiger partial charge in [-0.15, -0.1) is 0 Å². The van der Waals surface area contributed by atoms with Crippen LogP contribution in [-0.2, 0) is 0 Å². The maximum absolute atomic E-state index is 2.69. The van der Waals surface area contributed by atoms with Crippen molar-refractivity contribution in [2.45, 2.75) is 32.1 Å². The molecule has 0 aromatic carbocycles. The fourth-order valence-corrected chi connectivity index (χ4v) is 4.28. The van der Waals surface area contributed by atoms with Crippen molar-refractivity contribution in [1.82, 2.24) is 9.80 Å². The summed E-state index contributed by atoms with van der Waals surface area (Å²) in [7, 11) is 0. The van der Waals surface area contributed by atoms with Crippen molar-refractivity contribution in [2.24, 2.45) is 11.8 Å². The normalized spacial score (nSPS) is 35.8. The van der Waals surface area contributed by atoms with Gasteiger partial charge in [-0.25, -0.2) is 0 Å². The van der Waals surface area contributed by atoms with Crippen molar-refractivity contribution >= 4 is 0 Å². The topological polar surface area (TPSA) is 6.48 Å². The second-order valence-corrected chi connectivity index (χ2v) is 6.06. The molecule has 2 bridgehead atoms. The number of fused-ring (bicyclic) bond motifs is 6. The molecule has 2 atom stereocenters. The highest BCUT2D eigenvalue weighted by Crippen LogP contribution is 2.43. The second-order valence-electron chi connectivity index (χ2n) is 6.06. The van der Waals surface area contributed by atoms with Crippen LogP contribution in [0.1, 0.15) is 32.1 Å². The van der Waals surface area contributed by atoms with Crippen LogP contribution in [0.4, 0.5) is 0 Å². The third-order valence-electron chi connectivity index (χ3n) is 4.99. The Morgan fingerprint density at radius 3 is 1.88 bits per heavy atom. The van der Waals surface area contributed by atoms with Gasteiger partial charge in [0.15, 0.2) is 0 Å². The third-order valence-corrected chi connectivity index (χ3v) is 4.99. The fraction of sp³-hybridized carbons (Fsp3) is 0.733. The Balaban J connectivity index is 1.67. The number of allylic oxidation sites excluding steroid dienone is 2. The van der Waals surface area contributed by atoms with E-state index in [-0.39, 0.29) is 0 Å². The number of rotatable bonds is 0. The number of piperidine rings is 2. The van der Waals surface area contributed by atoms with Crippen LogP contribution in [0.15, 0.2) is 23.5 Å². The fourth-order valence-electron chi connectivity index (χ4n) is 4.28. The maximum atomic E-state index is 2.69. The van der Waals surface area contributed by atoms with E-state index < -0.39 is 0 Å². The van der Waals surface area contributed by atoms with Gasteiger partial charge in [0.2, 0.25) is 0 Å². The van der Waals surface area contributed by atoms with E-state index in [9.17, 15) is 0 Å². The van der Waals surface area contributed by atoms with Crippen molar-refractivity contribution < 1.29 is 0 Å². The molecule has 0 aliphatic carbocycles. The molecule has 0 aromatic heterocycles. The molecule has 0 spiro atoms. The SMILES string of the molecule is C1=C2[C@H]3C[C@@H](CN2CCC1)C1=CCCCN1C3. The van der Waals surface area contributed by atoms with Crippen molar-refractivity contribution in [3.8, 4) is 0 Å². The minimum atomic E-state index is 0.837. The first kappa shape index (κ1) is 10.0. The summed E-state index contributed by atoms with van der Waals surface area (Å²) in [5.41, 5.74) is 3.38. The van der Waals surface area contributed by atoms with Gasteiger partial charge in [-0.2, -0.15) is 0 Å². The Kier molecular flexibility index (Phi) is 2.24. The van der Waals surface area contributed by atoms with Gasteiger partial charge >= 0.3 is 0 Å². The van der Waals surface area contributed by atoms with E-state index in [0.717, 1.165) is 11.8 Å². The molecule has 2 heteroatoms. The lowest BCUT2D eigenvalue weighted by Crippen LogP contribution is -2.51. The van der Waals surface area contributed by atoms with Crippen molar-refractivity contribution in [2.75, 3.05) is 26.2 Å². The van der Waals surface area contributed by atoms with Crippen molar-refractivity contribution in [1.29, 1.82) is 0 Å². The molecule has 4 aliphatic heterocycles. The Labute approximate surface area is 104 Å². The lowest BCUT2D eigenvalue weighted by molar-refractivity contribution is 0.0953. The average molecular weight is 230 g/mol. The van der Waals surface area contributed by atoms with E-state index in [1.54, 1.807) is 11.4 Å². The van der Waals surface area contributed by atoms with E-state index in [2.05, 4.69) is 22.0 Å². The zero-order chi connectivity index (χ0) is 11.2. The van der Waals surface area contributed by atoms with Gasteiger partial charge in [0, 0.05) is 49.4 Å². The Morgan fingerprint density at radius 1 is 0.824 bits per heavy atom. The highest BCUT2D eigenvalue weighted by molar-refractivity contribution is 5.23. The predicted octanol–water partition coefficient (Wildman–Crippen LogP) is 2.60. The van der Waals surface area contributed by atoms with E-state index in [1.165, 1.54) is 58.3 Å². The molecule has 0 amide bonds. The minimum Gasteiger partial charge on any atom is -0.374 e. The monoisotopic (exact) mass is 230 g/mol. The van der Waals surface area contributed by atoms with Crippen LogP contribution in [-0.4, -0.2) is 36.0 Å². The van der Waals surface area contributed by atoms with Gasteiger partial charge in [0.1, 0.15) is 0 Å². The Bertz CT molecular complexity index is 346. The summed E-state index contributed by atoms with van der Waals surface area (Å²) in [6, 6.07) is 0. The van der Waals surface area contributed by atoms with Gasteiger partial charge in [0.25, 0.3) is 0 Å². The molecule has 4 aliphatic rings. The summed E-state index contributed by atoms with van der Waals surface area (Å²) in [6.07, 6.45) is 11.8. The molecule has 17 heavy (non-hydrogen) atoms. The van der Waals surface area contributed by atoms with Crippen molar-refractivity contribution in [3.05, 3.63) is 23.5 Å². The Hall–Kier alpha value is -0.920. The first-order valence-electron chi connectivity index (χ1n) is 7.32. The summed E-state index contributed by atoms with van der Waals surface area (Å²) in [5, 5.41) is 0. The minimum absolute atomic E-state index is 0.837. The van der Waals surface area contributed by atoms with Crippen LogP contribution in [0.5, 0.6) is 0 Å². The van der Waals surface area contributed by atoms with Gasteiger partial charge in [-0.3, -0.25) is 0 Å². The standard InChI is InChI=1S/C15H22N2/c1-3-7-16-11-13-9-12(14(16)5-1)10-17-8-4-2-6-15(13)17/h5-6,12-13H,1-4,7-11H2/t12-,13-/m0/s1. The molecule has 4 heterocycles. The molecular formula is C15H22N2. The van der Waals surface area contributed by atoms with Crippen LogP contribution in [0, 0.1) is 11.8 Å². The summed E-state index contributed by atoms with van der Waals surface area (Å²) in [6.45, 7) is 5.22. The number of hydrogen-bond donors (Lipinski definition) is 0. The molecule has 0 N–H and O–H groups in total. The van der Waals surface area contributed by atoms with E-state index in [1.807, 2.05) is 0 Å². The molecule has 0 unspecified atom stereocenters. The van der Waals surface area contributed by atoms with Gasteiger partial charge < -0.3 is 9.80 Å². The molecule has 0 aromatic rings. The quantitative estimate of drug-likeness (QED) is 0.631. The van der Waals surface area contributed by atoms with Gasteiger partial charge in [0.05, 0.1) is 0 Å². The van der Waals surface area contributed by atoms with Crippen molar-refractivity contribution in [3.63, 3.8) is 0 Å². The van der Waals surface area contributed by atoms with Crippen LogP contribution in [0.2, 0.25) is 0 Å². The molecular weight excluding hydrogens is 208 g/mol. The van der Waals surface area contributed by atoms with Crippen LogP contribution < -0.4 is 0 Å². The average Bonchev–Trinajstić information content (AvgIpc) is 2.39. The largest absolute Gasteiger partial charge is 0.374 e. The van der Waals surface area contributed by atoms with E-state index >= 15 is 0 Å². The summed E-state index contributed by atoms with van der Waals surface area (Å²) < 4.78 is 0. The summed E-state index contributed by atoms with van der Waals surface area (Å²) in [4.78, 5) is 5.38. The van der Waals surface area contributed by atoms with E-state index in [4.69, 9.17) is 0 Å². The van der Waals surface area contributed by atoms with Crippen LogP contribution in [0.25, 0.3) is 0 Å². The maximum Gasteiger partial charge on any atom is 0.0258 e. The van der Waals surface area contributed by atoms with Crippen LogP contribution in [0.3, 0.4) is 0 Å². The lowest BCUT2D eigenvalue weighted by atomic mass is 9.77. The summed E-state index contributed by atoms with van der Waals surface area (Å²) >= 11 is 0. The highest BCUT2D eigenvalue weighted by Gasteiger charge is 2.40. The molecule has 0 radical (unpaired) electrons. The van der Waals surface area contributed by atoms with E-state index in [0.29, 0.717) is 0 Å². The summed E-state index contributed by atoms with van der Waals surface area (Å²) in [5.74, 6) is 1.67. The number of nitrogens with zero attached hydrogens (tertiary/aromatic N) is 2. The highest BCUT2D eigenvalue weighted by atomic mass is 15.2. The molecule has 4 rings (SSSR count). The first-order valence-corrected chi connectivity index (χ1v) is 7.32. The molecule has 2 fully saturated rings. The second kappa shape index (κ2) is 3.79.